The van der Waals surface area contributed by atoms with E-state index in [1.807, 2.05) is 0 Å². The molecule has 2 nitrogen and oxygen atoms in total. The molecule has 0 aromatic carbocycles. The number of rotatable bonds is 5. The first kappa shape index (κ1) is 8.02. The Morgan fingerprint density at radius 2 is 2.30 bits per heavy atom. The van der Waals surface area contributed by atoms with E-state index in [4.69, 9.17) is 9.47 Å². The van der Waals surface area contributed by atoms with Crippen molar-refractivity contribution in [3.63, 3.8) is 0 Å². The molecule has 1 unspecified atom stereocenters. The van der Waals surface area contributed by atoms with E-state index in [9.17, 15) is 0 Å². The quantitative estimate of drug-likeness (QED) is 0.430. The predicted octanol–water partition coefficient (Wildman–Crippen LogP) is 1.45. The van der Waals surface area contributed by atoms with Gasteiger partial charge < -0.3 is 9.47 Å². The van der Waals surface area contributed by atoms with Gasteiger partial charge in [0.05, 0.1) is 13.2 Å². The Kier molecular flexibility index (Phi) is 3.16. The van der Waals surface area contributed by atoms with E-state index >= 15 is 0 Å². The lowest BCUT2D eigenvalue weighted by Crippen LogP contribution is -2.04. The summed E-state index contributed by atoms with van der Waals surface area (Å²) in [4.78, 5) is 0. The van der Waals surface area contributed by atoms with Crippen molar-refractivity contribution in [2.24, 2.45) is 5.92 Å². The highest BCUT2D eigenvalue weighted by Crippen LogP contribution is 2.09. The van der Waals surface area contributed by atoms with E-state index < -0.39 is 0 Å². The van der Waals surface area contributed by atoms with Crippen LogP contribution in [-0.2, 0) is 9.47 Å². The molecule has 0 aliphatic carbocycles. The fraction of sp³-hybridized carbons (Fsp3) is 1.00. The van der Waals surface area contributed by atoms with Crippen molar-refractivity contribution in [3.8, 4) is 0 Å². The highest BCUT2D eigenvalue weighted by atomic mass is 16.6. The average molecular weight is 144 g/mol. The lowest BCUT2D eigenvalue weighted by molar-refractivity contribution is 0.107. The molecule has 1 heterocycles. The SMILES string of the molecule is CC(C)CCOCC1CO1. The van der Waals surface area contributed by atoms with Crippen LogP contribution in [0.1, 0.15) is 20.3 Å². The smallest absolute Gasteiger partial charge is 0.104 e. The van der Waals surface area contributed by atoms with Gasteiger partial charge in [-0.2, -0.15) is 0 Å². The maximum Gasteiger partial charge on any atom is 0.104 e. The van der Waals surface area contributed by atoms with Gasteiger partial charge in [-0.25, -0.2) is 0 Å². The zero-order chi connectivity index (χ0) is 7.40. The number of ether oxygens (including phenoxy) is 2. The van der Waals surface area contributed by atoms with Crippen molar-refractivity contribution in [1.82, 2.24) is 0 Å². The Morgan fingerprint density at radius 3 is 2.80 bits per heavy atom. The summed E-state index contributed by atoms with van der Waals surface area (Å²) in [6.07, 6.45) is 1.58. The number of hydrogen-bond acceptors (Lipinski definition) is 2. The molecule has 0 spiro atoms. The minimum atomic E-state index is 0.423. The first-order valence-corrected chi connectivity index (χ1v) is 3.98. The fourth-order valence-electron chi connectivity index (χ4n) is 0.698. The molecule has 0 N–H and O–H groups in total. The first-order chi connectivity index (χ1) is 4.79. The van der Waals surface area contributed by atoms with E-state index in [2.05, 4.69) is 13.8 Å². The molecule has 10 heavy (non-hydrogen) atoms. The molecule has 0 aromatic rings. The van der Waals surface area contributed by atoms with Gasteiger partial charge in [-0.3, -0.25) is 0 Å². The third kappa shape index (κ3) is 3.85. The topological polar surface area (TPSA) is 21.8 Å². The van der Waals surface area contributed by atoms with Gasteiger partial charge in [-0.1, -0.05) is 13.8 Å². The molecule has 0 aromatic heterocycles. The van der Waals surface area contributed by atoms with Crippen molar-refractivity contribution in [2.75, 3.05) is 19.8 Å². The molecule has 1 fully saturated rings. The van der Waals surface area contributed by atoms with E-state index in [-0.39, 0.29) is 0 Å². The average Bonchev–Trinajstić information content (AvgIpc) is 2.62. The van der Waals surface area contributed by atoms with Crippen LogP contribution in [0.5, 0.6) is 0 Å². The van der Waals surface area contributed by atoms with Gasteiger partial charge in [0.2, 0.25) is 0 Å². The van der Waals surface area contributed by atoms with Crippen LogP contribution in [0, 0.1) is 5.92 Å². The molecule has 1 aliphatic rings. The first-order valence-electron chi connectivity index (χ1n) is 3.98. The van der Waals surface area contributed by atoms with Crippen molar-refractivity contribution in [3.05, 3.63) is 0 Å². The van der Waals surface area contributed by atoms with Gasteiger partial charge in [-0.05, 0) is 12.3 Å². The standard InChI is InChI=1S/C8H16O2/c1-7(2)3-4-9-5-8-6-10-8/h7-8H,3-6H2,1-2H3. The molecule has 1 rings (SSSR count). The van der Waals surface area contributed by atoms with Crippen LogP contribution < -0.4 is 0 Å². The summed E-state index contributed by atoms with van der Waals surface area (Å²) in [5.74, 6) is 0.750. The molecule has 0 amide bonds. The molecule has 1 aliphatic heterocycles. The molecule has 0 saturated carbocycles. The third-order valence-electron chi connectivity index (χ3n) is 1.55. The second kappa shape index (κ2) is 3.94. The minimum Gasteiger partial charge on any atom is -0.379 e. The predicted molar refractivity (Wildman–Crippen MR) is 40.0 cm³/mol. The van der Waals surface area contributed by atoms with Crippen LogP contribution in [0.3, 0.4) is 0 Å². The van der Waals surface area contributed by atoms with Crippen molar-refractivity contribution < 1.29 is 9.47 Å². The lowest BCUT2D eigenvalue weighted by Gasteiger charge is -2.03. The largest absolute Gasteiger partial charge is 0.379 e. The maximum atomic E-state index is 5.34. The van der Waals surface area contributed by atoms with Crippen molar-refractivity contribution in [2.45, 2.75) is 26.4 Å². The Morgan fingerprint density at radius 1 is 1.60 bits per heavy atom. The Labute approximate surface area is 62.5 Å². The van der Waals surface area contributed by atoms with Gasteiger partial charge in [0.25, 0.3) is 0 Å². The molecule has 0 radical (unpaired) electrons. The highest BCUT2D eigenvalue weighted by molar-refractivity contribution is 4.67. The summed E-state index contributed by atoms with van der Waals surface area (Å²) in [6.45, 7) is 7.00. The summed E-state index contributed by atoms with van der Waals surface area (Å²) >= 11 is 0. The summed E-state index contributed by atoms with van der Waals surface area (Å²) in [6, 6.07) is 0. The third-order valence-corrected chi connectivity index (χ3v) is 1.55. The van der Waals surface area contributed by atoms with Crippen molar-refractivity contribution >= 4 is 0 Å². The number of hydrogen-bond donors (Lipinski definition) is 0. The molecular formula is C8H16O2. The van der Waals surface area contributed by atoms with Gasteiger partial charge in [-0.15, -0.1) is 0 Å². The van der Waals surface area contributed by atoms with Crippen LogP contribution in [0.4, 0.5) is 0 Å². The summed E-state index contributed by atoms with van der Waals surface area (Å²) in [5, 5.41) is 0. The summed E-state index contributed by atoms with van der Waals surface area (Å²) in [7, 11) is 0. The van der Waals surface area contributed by atoms with E-state index in [1.54, 1.807) is 0 Å². The van der Waals surface area contributed by atoms with E-state index in [1.165, 1.54) is 0 Å². The Balaban J connectivity index is 1.76. The molecular weight excluding hydrogens is 128 g/mol. The van der Waals surface area contributed by atoms with Crippen molar-refractivity contribution in [1.29, 1.82) is 0 Å². The van der Waals surface area contributed by atoms with Crippen LogP contribution in [0.25, 0.3) is 0 Å². The highest BCUT2D eigenvalue weighted by Gasteiger charge is 2.21. The molecule has 0 bridgehead atoms. The van der Waals surface area contributed by atoms with Crippen LogP contribution in [0.15, 0.2) is 0 Å². The summed E-state index contributed by atoms with van der Waals surface area (Å²) < 4.78 is 10.3. The normalized spacial score (nSPS) is 23.7. The van der Waals surface area contributed by atoms with Gasteiger partial charge in [0.1, 0.15) is 6.10 Å². The van der Waals surface area contributed by atoms with E-state index in [0.717, 1.165) is 32.2 Å². The van der Waals surface area contributed by atoms with E-state index in [0.29, 0.717) is 6.10 Å². The van der Waals surface area contributed by atoms with Crippen LogP contribution >= 0.6 is 0 Å². The second-order valence-electron chi connectivity index (χ2n) is 3.21. The molecule has 2 heteroatoms. The molecule has 60 valence electrons. The fourth-order valence-corrected chi connectivity index (χ4v) is 0.698. The van der Waals surface area contributed by atoms with Gasteiger partial charge >= 0.3 is 0 Å². The summed E-state index contributed by atoms with van der Waals surface area (Å²) in [5.41, 5.74) is 0. The monoisotopic (exact) mass is 144 g/mol. The van der Waals surface area contributed by atoms with Gasteiger partial charge in [0.15, 0.2) is 0 Å². The second-order valence-corrected chi connectivity index (χ2v) is 3.21. The number of epoxide rings is 1. The Bertz CT molecular complexity index is 83.3. The molecule has 1 atom stereocenters. The lowest BCUT2D eigenvalue weighted by atomic mass is 10.1. The van der Waals surface area contributed by atoms with Gasteiger partial charge in [0, 0.05) is 6.61 Å². The van der Waals surface area contributed by atoms with Crippen LogP contribution in [-0.4, -0.2) is 25.9 Å². The maximum absolute atomic E-state index is 5.34. The zero-order valence-corrected chi connectivity index (χ0v) is 6.80. The van der Waals surface area contributed by atoms with Crippen LogP contribution in [0.2, 0.25) is 0 Å². The zero-order valence-electron chi connectivity index (χ0n) is 6.80. The minimum absolute atomic E-state index is 0.423. The Hall–Kier alpha value is -0.0800. The molecule has 1 saturated heterocycles.